The molecule has 0 aromatic carbocycles. The number of hydrogen-bond donors (Lipinski definition) is 1. The van der Waals surface area contributed by atoms with Gasteiger partial charge in [-0.05, 0) is 18.8 Å². The van der Waals surface area contributed by atoms with Crippen molar-refractivity contribution >= 4 is 5.91 Å². The third-order valence-electron chi connectivity index (χ3n) is 6.32. The molecule has 178 valence electrons. The summed E-state index contributed by atoms with van der Waals surface area (Å²) in [4.78, 5) is 12.2. The minimum Gasteiger partial charge on any atom is -0.631 e. The standard InChI is InChI=1S/C25H50N2O3/c1-4-19-27(29)20-21-30-22-24(27)26-25(28)18-16-14-12-10-8-6-5-7-9-11-13-15-17-23(2)3/h23-24H,4-22H2,1-3H3,(H,26,28). The number of hydroxylamine groups is 3. The van der Waals surface area contributed by atoms with Gasteiger partial charge in [-0.15, -0.1) is 0 Å². The van der Waals surface area contributed by atoms with Gasteiger partial charge in [0, 0.05) is 6.42 Å². The molecule has 0 aromatic heterocycles. The van der Waals surface area contributed by atoms with E-state index >= 15 is 0 Å². The average molecular weight is 427 g/mol. The van der Waals surface area contributed by atoms with Crippen LogP contribution in [0.4, 0.5) is 0 Å². The van der Waals surface area contributed by atoms with Gasteiger partial charge in [0.15, 0.2) is 6.17 Å². The second-order valence-corrected chi connectivity index (χ2v) is 9.73. The van der Waals surface area contributed by atoms with E-state index in [1.807, 2.05) is 6.92 Å². The highest BCUT2D eigenvalue weighted by atomic mass is 16.6. The summed E-state index contributed by atoms with van der Waals surface area (Å²) in [6, 6.07) is 0. The van der Waals surface area contributed by atoms with E-state index in [2.05, 4.69) is 19.2 Å². The molecule has 5 heteroatoms. The molecule has 1 heterocycles. The predicted molar refractivity (Wildman–Crippen MR) is 126 cm³/mol. The van der Waals surface area contributed by atoms with Crippen molar-refractivity contribution in [2.75, 3.05) is 26.3 Å². The normalized spacial score (nSPS) is 21.8. The molecule has 0 spiro atoms. The van der Waals surface area contributed by atoms with Crippen LogP contribution in [0.5, 0.6) is 0 Å². The van der Waals surface area contributed by atoms with E-state index in [0.29, 0.717) is 32.7 Å². The number of carbonyl (C=O) groups is 1. The SMILES string of the molecule is CCC[N+]1([O-])CCOCC1NC(=O)CCCCCCCCCCCCCCC(C)C. The topological polar surface area (TPSA) is 61.4 Å². The van der Waals surface area contributed by atoms with Crippen LogP contribution in [0.3, 0.4) is 0 Å². The molecule has 1 rings (SSSR count). The Kier molecular flexibility index (Phi) is 15.5. The Hall–Kier alpha value is -0.650. The second kappa shape index (κ2) is 17.0. The fourth-order valence-corrected chi connectivity index (χ4v) is 4.38. The molecule has 0 aliphatic carbocycles. The largest absolute Gasteiger partial charge is 0.631 e. The quantitative estimate of drug-likeness (QED) is 0.159. The lowest BCUT2D eigenvalue weighted by Crippen LogP contribution is -2.64. The maximum atomic E-state index is 12.8. The molecule has 0 saturated carbocycles. The monoisotopic (exact) mass is 426 g/mol. The minimum absolute atomic E-state index is 0.00773. The molecule has 0 bridgehead atoms. The van der Waals surface area contributed by atoms with E-state index in [4.69, 9.17) is 4.74 Å². The number of hydrogen-bond acceptors (Lipinski definition) is 3. The Bertz CT molecular complexity index is 427. The summed E-state index contributed by atoms with van der Waals surface area (Å²) >= 11 is 0. The van der Waals surface area contributed by atoms with E-state index in [1.165, 1.54) is 70.6 Å². The first kappa shape index (κ1) is 27.4. The van der Waals surface area contributed by atoms with Crippen LogP contribution in [-0.4, -0.2) is 43.0 Å². The highest BCUT2D eigenvalue weighted by Crippen LogP contribution is 2.17. The molecule has 2 atom stereocenters. The molecule has 5 nitrogen and oxygen atoms in total. The summed E-state index contributed by atoms with van der Waals surface area (Å²) in [6.45, 7) is 8.46. The maximum absolute atomic E-state index is 12.8. The first-order valence-electron chi connectivity index (χ1n) is 12.9. The van der Waals surface area contributed by atoms with E-state index in [9.17, 15) is 10.0 Å². The smallest absolute Gasteiger partial charge is 0.224 e. The maximum Gasteiger partial charge on any atom is 0.224 e. The van der Waals surface area contributed by atoms with Crippen LogP contribution >= 0.6 is 0 Å². The lowest BCUT2D eigenvalue weighted by atomic mass is 10.0. The van der Waals surface area contributed by atoms with Gasteiger partial charge in [-0.3, -0.25) is 4.79 Å². The molecule has 2 unspecified atom stereocenters. The van der Waals surface area contributed by atoms with Gasteiger partial charge >= 0.3 is 0 Å². The fraction of sp³-hybridized carbons (Fsp3) is 0.960. The van der Waals surface area contributed by atoms with Crippen LogP contribution in [0.2, 0.25) is 0 Å². The number of quaternary nitrogens is 1. The van der Waals surface area contributed by atoms with Crippen LogP contribution in [-0.2, 0) is 9.53 Å². The van der Waals surface area contributed by atoms with Crippen LogP contribution in [0.15, 0.2) is 0 Å². The van der Waals surface area contributed by atoms with Crippen molar-refractivity contribution in [3.8, 4) is 0 Å². The molecule has 30 heavy (non-hydrogen) atoms. The van der Waals surface area contributed by atoms with E-state index in [-0.39, 0.29) is 10.6 Å². The van der Waals surface area contributed by atoms with Crippen molar-refractivity contribution in [1.82, 2.24) is 5.32 Å². The summed E-state index contributed by atoms with van der Waals surface area (Å²) < 4.78 is 5.09. The van der Waals surface area contributed by atoms with Crippen LogP contribution < -0.4 is 5.32 Å². The first-order chi connectivity index (χ1) is 14.5. The molecule has 0 aromatic rings. The Morgan fingerprint density at radius 3 is 2.03 bits per heavy atom. The van der Waals surface area contributed by atoms with Crippen molar-refractivity contribution < 1.29 is 14.2 Å². The van der Waals surface area contributed by atoms with Crippen molar-refractivity contribution in [3.05, 3.63) is 5.21 Å². The molecule has 1 amide bonds. The fourth-order valence-electron chi connectivity index (χ4n) is 4.38. The number of nitrogens with zero attached hydrogens (tertiary/aromatic N) is 1. The van der Waals surface area contributed by atoms with Crippen LogP contribution in [0.25, 0.3) is 0 Å². The average Bonchev–Trinajstić information content (AvgIpc) is 2.70. The Morgan fingerprint density at radius 2 is 1.50 bits per heavy atom. The minimum atomic E-state index is -0.429. The van der Waals surface area contributed by atoms with Crippen molar-refractivity contribution in [1.29, 1.82) is 0 Å². The summed E-state index contributed by atoms with van der Waals surface area (Å²) in [7, 11) is 0. The third kappa shape index (κ3) is 12.9. The summed E-state index contributed by atoms with van der Waals surface area (Å²) in [5.41, 5.74) is 0. The van der Waals surface area contributed by atoms with Gasteiger partial charge in [0.05, 0.1) is 13.2 Å². The number of unbranched alkanes of at least 4 members (excludes halogenated alkanes) is 11. The molecule has 1 aliphatic rings. The molecule has 1 N–H and O–H groups in total. The molecular formula is C25H50N2O3. The van der Waals surface area contributed by atoms with Crippen molar-refractivity contribution in [2.45, 2.75) is 123 Å². The lowest BCUT2D eigenvalue weighted by Gasteiger charge is -2.50. The van der Waals surface area contributed by atoms with Gasteiger partial charge in [-0.1, -0.05) is 97.8 Å². The number of nitrogens with one attached hydrogen (secondary N) is 1. The van der Waals surface area contributed by atoms with Gasteiger partial charge in [0.2, 0.25) is 5.91 Å². The molecule has 1 fully saturated rings. The number of rotatable bonds is 18. The number of morpholine rings is 1. The van der Waals surface area contributed by atoms with Crippen LogP contribution in [0, 0.1) is 11.1 Å². The second-order valence-electron chi connectivity index (χ2n) is 9.73. The van der Waals surface area contributed by atoms with E-state index in [1.54, 1.807) is 0 Å². The predicted octanol–water partition coefficient (Wildman–Crippen LogP) is 6.30. The van der Waals surface area contributed by atoms with Gasteiger partial charge in [0.25, 0.3) is 0 Å². The third-order valence-corrected chi connectivity index (χ3v) is 6.32. The summed E-state index contributed by atoms with van der Waals surface area (Å²) in [6.07, 6.45) is 17.9. The first-order valence-corrected chi connectivity index (χ1v) is 12.9. The Balaban J connectivity index is 1.92. The number of amides is 1. The lowest BCUT2D eigenvalue weighted by molar-refractivity contribution is -0.916. The molecule has 1 aliphatic heterocycles. The summed E-state index contributed by atoms with van der Waals surface area (Å²) in [5, 5.41) is 15.8. The summed E-state index contributed by atoms with van der Waals surface area (Å²) in [5.74, 6) is 0.863. The molecule has 1 saturated heterocycles. The highest BCUT2D eigenvalue weighted by molar-refractivity contribution is 5.76. The van der Waals surface area contributed by atoms with Crippen molar-refractivity contribution in [2.24, 2.45) is 5.92 Å². The van der Waals surface area contributed by atoms with Gasteiger partial charge in [-0.2, -0.15) is 0 Å². The van der Waals surface area contributed by atoms with Crippen LogP contribution in [0.1, 0.15) is 117 Å². The van der Waals surface area contributed by atoms with Gasteiger partial charge in [-0.25, -0.2) is 0 Å². The molecule has 0 radical (unpaired) electrons. The zero-order chi connectivity index (χ0) is 22.1. The van der Waals surface area contributed by atoms with Crippen molar-refractivity contribution in [3.63, 3.8) is 0 Å². The zero-order valence-electron chi connectivity index (χ0n) is 20.3. The van der Waals surface area contributed by atoms with Gasteiger partial charge in [0.1, 0.15) is 13.2 Å². The zero-order valence-corrected chi connectivity index (χ0v) is 20.3. The highest BCUT2D eigenvalue weighted by Gasteiger charge is 2.33. The van der Waals surface area contributed by atoms with E-state index < -0.39 is 6.17 Å². The van der Waals surface area contributed by atoms with E-state index in [0.717, 1.165) is 25.2 Å². The Morgan fingerprint density at radius 1 is 0.967 bits per heavy atom. The number of ether oxygens (including phenoxy) is 1. The number of carbonyl (C=O) groups excluding carboxylic acids is 1. The Labute approximate surface area is 186 Å². The van der Waals surface area contributed by atoms with Gasteiger partial charge < -0.3 is 19.9 Å². The molecular weight excluding hydrogens is 376 g/mol.